The van der Waals surface area contributed by atoms with E-state index in [0.717, 1.165) is 49.9 Å². The first kappa shape index (κ1) is 15.8. The number of hydrogen-bond acceptors (Lipinski definition) is 1. The number of aromatic amines is 1. The molecule has 1 saturated heterocycles. The van der Waals surface area contributed by atoms with E-state index in [4.69, 9.17) is 0 Å². The highest BCUT2D eigenvalue weighted by Crippen LogP contribution is 2.31. The number of aryl methyl sites for hydroxylation is 1. The molecule has 1 atom stereocenters. The van der Waals surface area contributed by atoms with Crippen LogP contribution in [0.1, 0.15) is 60.4 Å². The van der Waals surface area contributed by atoms with E-state index >= 15 is 0 Å². The second-order valence-electron chi connectivity index (χ2n) is 6.17. The molecule has 1 aromatic heterocycles. The predicted octanol–water partition coefficient (Wildman–Crippen LogP) is 4.47. The maximum atomic E-state index is 13.6. The molecule has 1 N–H and O–H groups in total. The van der Waals surface area contributed by atoms with Crippen LogP contribution < -0.4 is 0 Å². The summed E-state index contributed by atoms with van der Waals surface area (Å²) in [5.74, 6) is -0.229. The third-order valence-electron chi connectivity index (χ3n) is 4.60. The number of aromatic nitrogens is 1. The van der Waals surface area contributed by atoms with Crippen molar-refractivity contribution in [3.63, 3.8) is 0 Å². The molecule has 0 bridgehead atoms. The average molecular weight is 314 g/mol. The van der Waals surface area contributed by atoms with E-state index in [1.807, 2.05) is 23.1 Å². The van der Waals surface area contributed by atoms with Crippen molar-refractivity contribution in [3.8, 4) is 0 Å². The van der Waals surface area contributed by atoms with Crippen molar-refractivity contribution < 1.29 is 9.18 Å². The SMILES string of the molecule is CCc1ccc(C(=O)N2CCCCC[C@H]2c2cccc(F)c2)[nH]1. The number of amides is 1. The van der Waals surface area contributed by atoms with E-state index < -0.39 is 0 Å². The van der Waals surface area contributed by atoms with Crippen LogP contribution in [0.3, 0.4) is 0 Å². The van der Waals surface area contributed by atoms with Gasteiger partial charge in [-0.1, -0.05) is 31.9 Å². The summed E-state index contributed by atoms with van der Waals surface area (Å²) >= 11 is 0. The monoisotopic (exact) mass is 314 g/mol. The van der Waals surface area contributed by atoms with Gasteiger partial charge in [0.2, 0.25) is 0 Å². The minimum Gasteiger partial charge on any atom is -0.354 e. The highest BCUT2D eigenvalue weighted by molar-refractivity contribution is 5.93. The molecule has 122 valence electrons. The van der Waals surface area contributed by atoms with Crippen LogP contribution in [0.5, 0.6) is 0 Å². The fraction of sp³-hybridized carbons (Fsp3) is 0.421. The zero-order valence-electron chi connectivity index (χ0n) is 13.5. The summed E-state index contributed by atoms with van der Waals surface area (Å²) in [5, 5.41) is 0. The average Bonchev–Trinajstić information content (AvgIpc) is 2.91. The Labute approximate surface area is 136 Å². The smallest absolute Gasteiger partial charge is 0.270 e. The minimum absolute atomic E-state index is 0.0147. The zero-order chi connectivity index (χ0) is 16.2. The number of hydrogen-bond donors (Lipinski definition) is 1. The molecule has 0 aliphatic carbocycles. The number of carbonyl (C=O) groups excluding carboxylic acids is 1. The first-order chi connectivity index (χ1) is 11.2. The van der Waals surface area contributed by atoms with Gasteiger partial charge < -0.3 is 9.88 Å². The molecule has 1 fully saturated rings. The lowest BCUT2D eigenvalue weighted by Gasteiger charge is -2.30. The van der Waals surface area contributed by atoms with Gasteiger partial charge in [-0.3, -0.25) is 4.79 Å². The first-order valence-electron chi connectivity index (χ1n) is 8.43. The van der Waals surface area contributed by atoms with Gasteiger partial charge in [0.15, 0.2) is 0 Å². The molecule has 0 unspecified atom stereocenters. The summed E-state index contributed by atoms with van der Waals surface area (Å²) in [7, 11) is 0. The largest absolute Gasteiger partial charge is 0.354 e. The number of benzene rings is 1. The van der Waals surface area contributed by atoms with Gasteiger partial charge in [0, 0.05) is 12.2 Å². The van der Waals surface area contributed by atoms with Crippen LogP contribution in [0.2, 0.25) is 0 Å². The molecule has 0 spiro atoms. The van der Waals surface area contributed by atoms with Crippen LogP contribution in [-0.2, 0) is 6.42 Å². The van der Waals surface area contributed by atoms with Crippen molar-refractivity contribution in [3.05, 3.63) is 59.2 Å². The predicted molar refractivity (Wildman–Crippen MR) is 88.8 cm³/mol. The summed E-state index contributed by atoms with van der Waals surface area (Å²) in [6.07, 6.45) is 4.94. The van der Waals surface area contributed by atoms with Crippen molar-refractivity contribution in [1.29, 1.82) is 0 Å². The van der Waals surface area contributed by atoms with E-state index in [2.05, 4.69) is 11.9 Å². The second kappa shape index (κ2) is 6.99. The maximum absolute atomic E-state index is 13.6. The molecule has 2 heterocycles. The molecule has 23 heavy (non-hydrogen) atoms. The summed E-state index contributed by atoms with van der Waals surface area (Å²) in [6, 6.07) is 10.4. The molecule has 1 amide bonds. The molecule has 3 nitrogen and oxygen atoms in total. The summed E-state index contributed by atoms with van der Waals surface area (Å²) in [6.45, 7) is 2.78. The Morgan fingerprint density at radius 1 is 1.26 bits per heavy atom. The van der Waals surface area contributed by atoms with Gasteiger partial charge in [0.05, 0.1) is 6.04 Å². The lowest BCUT2D eigenvalue weighted by molar-refractivity contribution is 0.0675. The van der Waals surface area contributed by atoms with Crippen LogP contribution in [0.25, 0.3) is 0 Å². The molecule has 4 heteroatoms. The van der Waals surface area contributed by atoms with Gasteiger partial charge in [-0.15, -0.1) is 0 Å². The quantitative estimate of drug-likeness (QED) is 0.891. The Morgan fingerprint density at radius 2 is 2.13 bits per heavy atom. The van der Waals surface area contributed by atoms with Crippen LogP contribution in [0, 0.1) is 5.82 Å². The third-order valence-corrected chi connectivity index (χ3v) is 4.60. The zero-order valence-corrected chi connectivity index (χ0v) is 13.5. The lowest BCUT2D eigenvalue weighted by atomic mass is 10.0. The van der Waals surface area contributed by atoms with Gasteiger partial charge in [0.25, 0.3) is 5.91 Å². The van der Waals surface area contributed by atoms with Crippen molar-refractivity contribution in [2.75, 3.05) is 6.54 Å². The van der Waals surface area contributed by atoms with Crippen LogP contribution in [0.4, 0.5) is 4.39 Å². The number of halogens is 1. The van der Waals surface area contributed by atoms with E-state index in [-0.39, 0.29) is 17.8 Å². The van der Waals surface area contributed by atoms with Gasteiger partial charge in [-0.25, -0.2) is 4.39 Å². The van der Waals surface area contributed by atoms with Gasteiger partial charge in [0.1, 0.15) is 11.5 Å². The molecule has 0 radical (unpaired) electrons. The van der Waals surface area contributed by atoms with Gasteiger partial charge in [-0.2, -0.15) is 0 Å². The first-order valence-corrected chi connectivity index (χ1v) is 8.43. The number of likely N-dealkylation sites (tertiary alicyclic amines) is 1. The van der Waals surface area contributed by atoms with Crippen molar-refractivity contribution >= 4 is 5.91 Å². The molecule has 1 aliphatic rings. The standard InChI is InChI=1S/C19H23FN2O/c1-2-16-10-11-17(21-16)19(23)22-12-5-3-4-9-18(22)14-7-6-8-15(20)13-14/h6-8,10-11,13,18,21H,2-5,9,12H2,1H3/t18-/m0/s1. The Bertz CT molecular complexity index is 680. The van der Waals surface area contributed by atoms with E-state index in [0.29, 0.717) is 5.69 Å². The fourth-order valence-electron chi connectivity index (χ4n) is 3.34. The molecule has 0 saturated carbocycles. The van der Waals surface area contributed by atoms with Gasteiger partial charge in [-0.05, 0) is 49.1 Å². The number of nitrogens with zero attached hydrogens (tertiary/aromatic N) is 1. The van der Waals surface area contributed by atoms with E-state index in [1.54, 1.807) is 12.1 Å². The van der Waals surface area contributed by atoms with Crippen LogP contribution in [0.15, 0.2) is 36.4 Å². The number of carbonyl (C=O) groups is 1. The Kier molecular flexibility index (Phi) is 4.79. The molecular weight excluding hydrogens is 291 g/mol. The second-order valence-corrected chi connectivity index (χ2v) is 6.17. The normalized spacial score (nSPS) is 18.7. The summed E-state index contributed by atoms with van der Waals surface area (Å²) < 4.78 is 13.6. The summed E-state index contributed by atoms with van der Waals surface area (Å²) in [4.78, 5) is 18.1. The van der Waals surface area contributed by atoms with Crippen molar-refractivity contribution in [2.45, 2.75) is 45.1 Å². The Hall–Kier alpha value is -2.10. The Morgan fingerprint density at radius 3 is 2.87 bits per heavy atom. The molecule has 1 aromatic carbocycles. The van der Waals surface area contributed by atoms with Crippen LogP contribution >= 0.6 is 0 Å². The van der Waals surface area contributed by atoms with Crippen molar-refractivity contribution in [2.24, 2.45) is 0 Å². The number of H-pyrrole nitrogens is 1. The highest BCUT2D eigenvalue weighted by atomic mass is 19.1. The van der Waals surface area contributed by atoms with E-state index in [1.165, 1.54) is 6.07 Å². The lowest BCUT2D eigenvalue weighted by Crippen LogP contribution is -2.35. The van der Waals surface area contributed by atoms with E-state index in [9.17, 15) is 9.18 Å². The van der Waals surface area contributed by atoms with Gasteiger partial charge >= 0.3 is 0 Å². The summed E-state index contributed by atoms with van der Waals surface area (Å²) in [5.41, 5.74) is 2.58. The number of nitrogens with one attached hydrogen (secondary N) is 1. The fourth-order valence-corrected chi connectivity index (χ4v) is 3.34. The van der Waals surface area contributed by atoms with Crippen molar-refractivity contribution in [1.82, 2.24) is 9.88 Å². The molecule has 3 rings (SSSR count). The Balaban J connectivity index is 1.90. The minimum atomic E-state index is -0.243. The molecular formula is C19H23FN2O. The highest BCUT2D eigenvalue weighted by Gasteiger charge is 2.28. The topological polar surface area (TPSA) is 36.1 Å². The van der Waals surface area contributed by atoms with Crippen LogP contribution in [-0.4, -0.2) is 22.3 Å². The third kappa shape index (κ3) is 3.46. The molecule has 2 aromatic rings. The maximum Gasteiger partial charge on any atom is 0.270 e. The number of rotatable bonds is 3. The molecule has 1 aliphatic heterocycles.